The summed E-state index contributed by atoms with van der Waals surface area (Å²) < 4.78 is 6.30. The summed E-state index contributed by atoms with van der Waals surface area (Å²) in [6.45, 7) is 1.95. The fourth-order valence-electron chi connectivity index (χ4n) is 2.11. The van der Waals surface area contributed by atoms with Crippen LogP contribution in [0.15, 0.2) is 30.5 Å². The van der Waals surface area contributed by atoms with Crippen LogP contribution < -0.4 is 0 Å². The van der Waals surface area contributed by atoms with Crippen LogP contribution in [0.4, 0.5) is 0 Å². The number of ether oxygens (including phenoxy) is 1. The summed E-state index contributed by atoms with van der Waals surface area (Å²) in [5.74, 6) is -0.746. The summed E-state index contributed by atoms with van der Waals surface area (Å²) in [6, 6.07) is 7.12. The van der Waals surface area contributed by atoms with Gasteiger partial charge in [-0.1, -0.05) is 23.7 Å². The van der Waals surface area contributed by atoms with E-state index in [1.807, 2.05) is 12.1 Å². The summed E-state index contributed by atoms with van der Waals surface area (Å²) in [7, 11) is 3.05. The predicted molar refractivity (Wildman–Crippen MR) is 86.2 cm³/mol. The maximum Gasteiger partial charge on any atom is 0.325 e. The highest BCUT2D eigenvalue weighted by Gasteiger charge is 2.22. The van der Waals surface area contributed by atoms with Gasteiger partial charge >= 0.3 is 5.97 Å². The molecular weight excluding hydrogens is 318 g/mol. The number of aryl methyl sites for hydroxylation is 1. The Morgan fingerprint density at radius 2 is 1.96 bits per heavy atom. The smallest absolute Gasteiger partial charge is 0.325 e. The van der Waals surface area contributed by atoms with Gasteiger partial charge in [0.1, 0.15) is 6.54 Å². The average molecular weight is 336 g/mol. The van der Waals surface area contributed by atoms with Crippen LogP contribution in [0.2, 0.25) is 5.02 Å². The van der Waals surface area contributed by atoms with E-state index < -0.39 is 5.97 Å². The molecule has 1 amide bonds. The molecule has 0 atom stereocenters. The summed E-state index contributed by atoms with van der Waals surface area (Å²) in [5.41, 5.74) is 2.07. The molecule has 0 aliphatic carbocycles. The van der Waals surface area contributed by atoms with Gasteiger partial charge in [0.25, 0.3) is 5.91 Å². The number of rotatable bonds is 5. The lowest BCUT2D eigenvalue weighted by molar-refractivity contribution is -0.141. The molecule has 122 valence electrons. The molecular formula is C16H18ClN3O3. The van der Waals surface area contributed by atoms with Crippen molar-refractivity contribution < 1.29 is 14.3 Å². The maximum absolute atomic E-state index is 12.7. The van der Waals surface area contributed by atoms with Crippen LogP contribution in [0.5, 0.6) is 0 Å². The molecule has 1 heterocycles. The molecule has 0 spiro atoms. The van der Waals surface area contributed by atoms with E-state index in [2.05, 4.69) is 9.84 Å². The molecule has 2 rings (SSSR count). The quantitative estimate of drug-likeness (QED) is 0.786. The van der Waals surface area contributed by atoms with Crippen LogP contribution in [-0.4, -0.2) is 40.2 Å². The highest BCUT2D eigenvalue weighted by molar-refractivity contribution is 6.30. The molecule has 1 aromatic heterocycles. The average Bonchev–Trinajstić information content (AvgIpc) is 2.87. The Bertz CT molecular complexity index is 710. The maximum atomic E-state index is 12.7. The minimum absolute atomic E-state index is 0.133. The molecule has 0 N–H and O–H groups in total. The van der Waals surface area contributed by atoms with Crippen molar-refractivity contribution in [1.29, 1.82) is 0 Å². The molecule has 23 heavy (non-hydrogen) atoms. The Kier molecular flexibility index (Phi) is 5.39. The third-order valence-corrected chi connectivity index (χ3v) is 3.84. The van der Waals surface area contributed by atoms with Crippen molar-refractivity contribution in [1.82, 2.24) is 14.7 Å². The van der Waals surface area contributed by atoms with E-state index in [1.165, 1.54) is 18.2 Å². The van der Waals surface area contributed by atoms with Crippen molar-refractivity contribution in [3.63, 3.8) is 0 Å². The molecule has 0 saturated carbocycles. The van der Waals surface area contributed by atoms with Crippen molar-refractivity contribution in [3.8, 4) is 0 Å². The molecule has 0 fully saturated rings. The second-order valence-corrected chi connectivity index (χ2v) is 5.57. The lowest BCUT2D eigenvalue weighted by atomic mass is 10.1. The first-order valence-corrected chi connectivity index (χ1v) is 7.39. The standard InChI is InChI=1S/C16H18ClN3O3/c1-11-14(8-18-19(11)2)16(22)20(10-15(21)23-3)9-12-4-6-13(17)7-5-12/h4-8H,9-10H2,1-3H3. The number of aromatic nitrogens is 2. The normalized spacial score (nSPS) is 10.4. The molecule has 0 saturated heterocycles. The van der Waals surface area contributed by atoms with Gasteiger partial charge in [-0.2, -0.15) is 5.10 Å². The first-order valence-electron chi connectivity index (χ1n) is 7.01. The number of carbonyl (C=O) groups excluding carboxylic acids is 2. The topological polar surface area (TPSA) is 64.4 Å². The molecule has 0 unspecified atom stereocenters. The van der Waals surface area contributed by atoms with E-state index in [1.54, 1.807) is 30.8 Å². The van der Waals surface area contributed by atoms with E-state index in [0.29, 0.717) is 10.6 Å². The van der Waals surface area contributed by atoms with Gasteiger partial charge in [0.05, 0.1) is 18.9 Å². The van der Waals surface area contributed by atoms with Crippen molar-refractivity contribution in [3.05, 3.63) is 52.3 Å². The molecule has 2 aromatic rings. The van der Waals surface area contributed by atoms with Gasteiger partial charge in [-0.05, 0) is 24.6 Å². The minimum atomic E-state index is -0.478. The zero-order valence-corrected chi connectivity index (χ0v) is 14.0. The monoisotopic (exact) mass is 335 g/mol. The number of hydrogen-bond acceptors (Lipinski definition) is 4. The van der Waals surface area contributed by atoms with Crippen LogP contribution in [0.3, 0.4) is 0 Å². The SMILES string of the molecule is COC(=O)CN(Cc1ccc(Cl)cc1)C(=O)c1cnn(C)c1C. The Labute approximate surface area is 139 Å². The van der Waals surface area contributed by atoms with Crippen LogP contribution in [0.1, 0.15) is 21.6 Å². The second kappa shape index (κ2) is 7.28. The van der Waals surface area contributed by atoms with Gasteiger partial charge in [-0.3, -0.25) is 14.3 Å². The summed E-state index contributed by atoms with van der Waals surface area (Å²) in [5, 5.41) is 4.69. The fourth-order valence-corrected chi connectivity index (χ4v) is 2.24. The van der Waals surface area contributed by atoms with Crippen molar-refractivity contribution in [2.45, 2.75) is 13.5 Å². The molecule has 1 aromatic carbocycles. The van der Waals surface area contributed by atoms with Crippen LogP contribution in [0.25, 0.3) is 0 Å². The molecule has 0 aliphatic heterocycles. The number of hydrogen-bond donors (Lipinski definition) is 0. The van der Waals surface area contributed by atoms with Gasteiger partial charge < -0.3 is 9.64 Å². The second-order valence-electron chi connectivity index (χ2n) is 5.13. The Morgan fingerprint density at radius 1 is 1.30 bits per heavy atom. The Morgan fingerprint density at radius 3 is 2.48 bits per heavy atom. The molecule has 6 nitrogen and oxygen atoms in total. The van der Waals surface area contributed by atoms with E-state index in [-0.39, 0.29) is 19.0 Å². The third-order valence-electron chi connectivity index (χ3n) is 3.59. The lowest BCUT2D eigenvalue weighted by Crippen LogP contribution is -2.36. The van der Waals surface area contributed by atoms with E-state index >= 15 is 0 Å². The van der Waals surface area contributed by atoms with Gasteiger partial charge in [0.15, 0.2) is 0 Å². The number of methoxy groups -OCH3 is 1. The minimum Gasteiger partial charge on any atom is -0.468 e. The number of benzene rings is 1. The molecule has 0 radical (unpaired) electrons. The predicted octanol–water partition coefficient (Wildman–Crippen LogP) is 2.20. The molecule has 7 heteroatoms. The van der Waals surface area contributed by atoms with Crippen molar-refractivity contribution >= 4 is 23.5 Å². The first kappa shape index (κ1) is 17.0. The summed E-state index contributed by atoms with van der Waals surface area (Å²) in [4.78, 5) is 25.8. The summed E-state index contributed by atoms with van der Waals surface area (Å²) in [6.07, 6.45) is 1.50. The number of carbonyl (C=O) groups is 2. The van der Waals surface area contributed by atoms with Gasteiger partial charge in [-0.15, -0.1) is 0 Å². The van der Waals surface area contributed by atoms with Gasteiger partial charge in [-0.25, -0.2) is 0 Å². The zero-order chi connectivity index (χ0) is 17.0. The van der Waals surface area contributed by atoms with E-state index in [9.17, 15) is 9.59 Å². The zero-order valence-electron chi connectivity index (χ0n) is 13.2. The first-order chi connectivity index (χ1) is 10.9. The fraction of sp³-hybridized carbons (Fsp3) is 0.312. The van der Waals surface area contributed by atoms with Crippen molar-refractivity contribution in [2.24, 2.45) is 7.05 Å². The molecule has 0 aliphatic rings. The van der Waals surface area contributed by atoms with Gasteiger partial charge in [0.2, 0.25) is 0 Å². The van der Waals surface area contributed by atoms with Crippen LogP contribution >= 0.6 is 11.6 Å². The van der Waals surface area contributed by atoms with E-state index in [0.717, 1.165) is 11.3 Å². The Balaban J connectivity index is 2.26. The van der Waals surface area contributed by atoms with E-state index in [4.69, 9.17) is 11.6 Å². The molecule has 0 bridgehead atoms. The summed E-state index contributed by atoms with van der Waals surface area (Å²) >= 11 is 5.87. The highest BCUT2D eigenvalue weighted by Crippen LogP contribution is 2.15. The Hall–Kier alpha value is -2.34. The third kappa shape index (κ3) is 4.10. The number of nitrogens with zero attached hydrogens (tertiary/aromatic N) is 3. The lowest BCUT2D eigenvalue weighted by Gasteiger charge is -2.21. The van der Waals surface area contributed by atoms with Crippen molar-refractivity contribution in [2.75, 3.05) is 13.7 Å². The van der Waals surface area contributed by atoms with Crippen LogP contribution in [0, 0.1) is 6.92 Å². The number of amides is 1. The highest BCUT2D eigenvalue weighted by atomic mass is 35.5. The van der Waals surface area contributed by atoms with Gasteiger partial charge in [0, 0.05) is 24.3 Å². The number of halogens is 1. The van der Waals surface area contributed by atoms with Crippen LogP contribution in [-0.2, 0) is 23.1 Å². The largest absolute Gasteiger partial charge is 0.468 e. The number of esters is 1.